The zero-order valence-electron chi connectivity index (χ0n) is 15.2. The van der Waals surface area contributed by atoms with Gasteiger partial charge >= 0.3 is 12.6 Å². The van der Waals surface area contributed by atoms with Gasteiger partial charge in [0.15, 0.2) is 17.6 Å². The molecule has 150 valence electrons. The Labute approximate surface area is 159 Å². The summed E-state index contributed by atoms with van der Waals surface area (Å²) in [6.07, 6.45) is 2.98. The van der Waals surface area contributed by atoms with Crippen molar-refractivity contribution in [3.8, 4) is 11.5 Å². The molecule has 0 unspecified atom stereocenters. The van der Waals surface area contributed by atoms with Crippen LogP contribution in [0.5, 0.6) is 11.5 Å². The minimum atomic E-state index is -2.98. The first kappa shape index (κ1) is 20.9. The highest BCUT2D eigenvalue weighted by molar-refractivity contribution is 5.90. The number of nitrogens with one attached hydrogen (secondary N) is 1. The molecule has 7 nitrogen and oxygen atoms in total. The lowest BCUT2D eigenvalue weighted by Gasteiger charge is -2.12. The number of esters is 1. The topological polar surface area (TPSA) is 87.0 Å². The van der Waals surface area contributed by atoms with Crippen LogP contribution in [0.2, 0.25) is 0 Å². The van der Waals surface area contributed by atoms with E-state index in [0.717, 1.165) is 6.08 Å². The SMILES string of the molecule is COc1cc(/C=C/C(=O)O[C@H](C)C(=O)NCc2ccco2)ccc1OC(F)F. The van der Waals surface area contributed by atoms with Gasteiger partial charge in [-0.25, -0.2) is 4.79 Å². The number of halogens is 2. The summed E-state index contributed by atoms with van der Waals surface area (Å²) in [6, 6.07) is 7.56. The van der Waals surface area contributed by atoms with Crippen molar-refractivity contribution in [2.24, 2.45) is 0 Å². The predicted octanol–water partition coefficient (Wildman–Crippen LogP) is 3.15. The van der Waals surface area contributed by atoms with E-state index in [1.54, 1.807) is 12.1 Å². The molecule has 1 atom stereocenters. The highest BCUT2D eigenvalue weighted by Crippen LogP contribution is 2.29. The van der Waals surface area contributed by atoms with Gasteiger partial charge in [0, 0.05) is 6.08 Å². The van der Waals surface area contributed by atoms with Crippen LogP contribution in [-0.4, -0.2) is 31.7 Å². The molecule has 0 radical (unpaired) electrons. The number of amides is 1. The molecule has 1 heterocycles. The lowest BCUT2D eigenvalue weighted by Crippen LogP contribution is -2.35. The van der Waals surface area contributed by atoms with Crippen molar-refractivity contribution in [2.75, 3.05) is 7.11 Å². The summed E-state index contributed by atoms with van der Waals surface area (Å²) in [5.74, 6) is -0.693. The molecule has 0 aliphatic heterocycles. The molecule has 0 saturated heterocycles. The third-order valence-electron chi connectivity index (χ3n) is 3.49. The first-order valence-electron chi connectivity index (χ1n) is 8.20. The lowest BCUT2D eigenvalue weighted by molar-refractivity contribution is -0.150. The number of alkyl halides is 2. The van der Waals surface area contributed by atoms with Crippen LogP contribution < -0.4 is 14.8 Å². The summed E-state index contributed by atoms with van der Waals surface area (Å²) in [5, 5.41) is 2.58. The molecular formula is C19H19F2NO6. The van der Waals surface area contributed by atoms with Gasteiger partial charge in [-0.05, 0) is 42.8 Å². The molecule has 2 rings (SSSR count). The van der Waals surface area contributed by atoms with E-state index in [4.69, 9.17) is 13.9 Å². The van der Waals surface area contributed by atoms with Crippen LogP contribution in [0.1, 0.15) is 18.2 Å². The second-order valence-corrected chi connectivity index (χ2v) is 5.50. The Morgan fingerprint density at radius 3 is 2.68 bits per heavy atom. The Morgan fingerprint density at radius 2 is 2.04 bits per heavy atom. The van der Waals surface area contributed by atoms with Crippen molar-refractivity contribution in [1.29, 1.82) is 0 Å². The summed E-state index contributed by atoms with van der Waals surface area (Å²) in [4.78, 5) is 23.8. The van der Waals surface area contributed by atoms with Crippen molar-refractivity contribution in [2.45, 2.75) is 26.2 Å². The van der Waals surface area contributed by atoms with Gasteiger partial charge in [0.2, 0.25) is 0 Å². The Morgan fingerprint density at radius 1 is 1.25 bits per heavy atom. The minimum Gasteiger partial charge on any atom is -0.493 e. The van der Waals surface area contributed by atoms with Crippen LogP contribution in [0, 0.1) is 0 Å². The molecule has 1 N–H and O–H groups in total. The fourth-order valence-corrected chi connectivity index (χ4v) is 2.14. The average Bonchev–Trinajstić information content (AvgIpc) is 3.18. The van der Waals surface area contributed by atoms with Crippen LogP contribution >= 0.6 is 0 Å². The van der Waals surface area contributed by atoms with Crippen LogP contribution in [0.15, 0.2) is 47.1 Å². The van der Waals surface area contributed by atoms with E-state index in [2.05, 4.69) is 10.1 Å². The molecule has 28 heavy (non-hydrogen) atoms. The monoisotopic (exact) mass is 395 g/mol. The second kappa shape index (κ2) is 10.1. The van der Waals surface area contributed by atoms with E-state index in [1.165, 1.54) is 44.6 Å². The molecular weight excluding hydrogens is 376 g/mol. The van der Waals surface area contributed by atoms with Crippen LogP contribution in [0.3, 0.4) is 0 Å². The molecule has 0 spiro atoms. The van der Waals surface area contributed by atoms with Crippen LogP contribution in [-0.2, 0) is 20.9 Å². The summed E-state index contributed by atoms with van der Waals surface area (Å²) in [5.41, 5.74) is 0.491. The van der Waals surface area contributed by atoms with Crippen LogP contribution in [0.25, 0.3) is 6.08 Å². The van der Waals surface area contributed by atoms with Crippen molar-refractivity contribution < 1.29 is 37.0 Å². The number of benzene rings is 1. The quantitative estimate of drug-likeness (QED) is 0.519. The van der Waals surface area contributed by atoms with Gasteiger partial charge in [0.05, 0.1) is 19.9 Å². The van der Waals surface area contributed by atoms with Crippen LogP contribution in [0.4, 0.5) is 8.78 Å². The van der Waals surface area contributed by atoms with E-state index >= 15 is 0 Å². The Kier molecular flexibility index (Phi) is 7.55. The van der Waals surface area contributed by atoms with E-state index in [1.807, 2.05) is 0 Å². The highest BCUT2D eigenvalue weighted by Gasteiger charge is 2.16. The summed E-state index contributed by atoms with van der Waals surface area (Å²) in [6.45, 7) is -1.37. The number of furan rings is 1. The maximum Gasteiger partial charge on any atom is 0.387 e. The fourth-order valence-electron chi connectivity index (χ4n) is 2.14. The minimum absolute atomic E-state index is 0.0847. The molecule has 1 aromatic carbocycles. The van der Waals surface area contributed by atoms with Crippen molar-refractivity contribution in [3.63, 3.8) is 0 Å². The largest absolute Gasteiger partial charge is 0.493 e. The fraction of sp³-hybridized carbons (Fsp3) is 0.263. The number of hydrogen-bond donors (Lipinski definition) is 1. The van der Waals surface area contributed by atoms with Gasteiger partial charge in [-0.15, -0.1) is 0 Å². The number of carbonyl (C=O) groups excluding carboxylic acids is 2. The van der Waals surface area contributed by atoms with Crippen molar-refractivity contribution >= 4 is 18.0 Å². The van der Waals surface area contributed by atoms with Gasteiger partial charge in [-0.1, -0.05) is 6.07 Å². The normalized spacial score (nSPS) is 12.0. The molecule has 0 aliphatic rings. The molecule has 0 saturated carbocycles. The number of carbonyl (C=O) groups is 2. The third-order valence-corrected chi connectivity index (χ3v) is 3.49. The van der Waals surface area contributed by atoms with Gasteiger partial charge in [-0.3, -0.25) is 4.79 Å². The standard InChI is InChI=1S/C19H19F2NO6/c1-12(18(24)22-11-14-4-3-9-26-14)27-17(23)8-6-13-5-7-15(28-19(20)21)16(10-13)25-2/h3-10,12,19H,11H2,1-2H3,(H,22,24)/b8-6+/t12-/m1/s1. The van der Waals surface area contributed by atoms with Gasteiger partial charge < -0.3 is 23.9 Å². The van der Waals surface area contributed by atoms with E-state index in [-0.39, 0.29) is 18.0 Å². The second-order valence-electron chi connectivity index (χ2n) is 5.50. The number of hydrogen-bond acceptors (Lipinski definition) is 6. The first-order valence-corrected chi connectivity index (χ1v) is 8.20. The molecule has 0 aliphatic carbocycles. The van der Waals surface area contributed by atoms with Crippen molar-refractivity contribution in [1.82, 2.24) is 5.32 Å². The van der Waals surface area contributed by atoms with E-state index in [9.17, 15) is 18.4 Å². The van der Waals surface area contributed by atoms with Gasteiger partial charge in [0.1, 0.15) is 5.76 Å². The van der Waals surface area contributed by atoms with Gasteiger partial charge in [0.25, 0.3) is 5.91 Å². The zero-order valence-corrected chi connectivity index (χ0v) is 15.2. The first-order chi connectivity index (χ1) is 13.4. The number of ether oxygens (including phenoxy) is 3. The highest BCUT2D eigenvalue weighted by atomic mass is 19.3. The summed E-state index contributed by atoms with van der Waals surface area (Å²) in [7, 11) is 1.30. The molecule has 0 bridgehead atoms. The smallest absolute Gasteiger partial charge is 0.387 e. The summed E-state index contributed by atoms with van der Waals surface area (Å²) < 4.78 is 44.0. The molecule has 2 aromatic rings. The molecule has 0 fully saturated rings. The molecule has 9 heteroatoms. The summed E-state index contributed by atoms with van der Waals surface area (Å²) >= 11 is 0. The van der Waals surface area contributed by atoms with E-state index < -0.39 is 24.6 Å². The maximum atomic E-state index is 12.3. The average molecular weight is 395 g/mol. The molecule has 1 aromatic heterocycles. The Balaban J connectivity index is 1.89. The lowest BCUT2D eigenvalue weighted by atomic mass is 10.2. The maximum absolute atomic E-state index is 12.3. The van der Waals surface area contributed by atoms with Crippen molar-refractivity contribution in [3.05, 3.63) is 54.0 Å². The zero-order chi connectivity index (χ0) is 20.5. The van der Waals surface area contributed by atoms with E-state index in [0.29, 0.717) is 11.3 Å². The number of methoxy groups -OCH3 is 1. The third kappa shape index (κ3) is 6.42. The molecule has 1 amide bonds. The van der Waals surface area contributed by atoms with Gasteiger partial charge in [-0.2, -0.15) is 8.78 Å². The number of rotatable bonds is 9. The Hall–Kier alpha value is -3.36. The predicted molar refractivity (Wildman–Crippen MR) is 94.8 cm³/mol. The Bertz CT molecular complexity index is 820.